The van der Waals surface area contributed by atoms with Crippen molar-refractivity contribution in [3.8, 4) is 0 Å². The largest absolute Gasteiger partial charge is 0.368 e. The second-order valence-corrected chi connectivity index (χ2v) is 5.44. The van der Waals surface area contributed by atoms with E-state index in [4.69, 9.17) is 11.6 Å². The third-order valence-corrected chi connectivity index (χ3v) is 3.83. The second kappa shape index (κ2) is 4.94. The lowest BCUT2D eigenvalue weighted by Crippen LogP contribution is -2.36. The summed E-state index contributed by atoms with van der Waals surface area (Å²) in [6.45, 7) is 3.03. The Kier molecular flexibility index (Phi) is 3.28. The predicted molar refractivity (Wildman–Crippen MR) is 75.4 cm³/mol. The summed E-state index contributed by atoms with van der Waals surface area (Å²) in [5, 5.41) is 11.2. The highest BCUT2D eigenvalue weighted by atomic mass is 35.5. The molecule has 2 heterocycles. The number of halogens is 1. The van der Waals surface area contributed by atoms with E-state index in [2.05, 4.69) is 44.4 Å². The molecule has 0 bridgehead atoms. The molecule has 1 aliphatic carbocycles. The molecule has 1 aliphatic rings. The van der Waals surface area contributed by atoms with Crippen molar-refractivity contribution in [2.75, 3.05) is 18.9 Å². The van der Waals surface area contributed by atoms with Gasteiger partial charge in [-0.2, -0.15) is 15.1 Å². The van der Waals surface area contributed by atoms with E-state index >= 15 is 0 Å². The fourth-order valence-corrected chi connectivity index (χ4v) is 2.34. The Morgan fingerprint density at radius 3 is 3.05 bits per heavy atom. The van der Waals surface area contributed by atoms with E-state index in [1.165, 1.54) is 12.8 Å². The van der Waals surface area contributed by atoms with Crippen LogP contribution in [0.15, 0.2) is 6.20 Å². The molecule has 7 heteroatoms. The van der Waals surface area contributed by atoms with Gasteiger partial charge in [-0.05, 0) is 38.4 Å². The second-order valence-electron chi connectivity index (χ2n) is 5.10. The van der Waals surface area contributed by atoms with Crippen LogP contribution in [0.2, 0.25) is 5.28 Å². The highest BCUT2D eigenvalue weighted by molar-refractivity contribution is 6.28. The molecule has 19 heavy (non-hydrogen) atoms. The molecule has 0 spiro atoms. The highest BCUT2D eigenvalue weighted by Gasteiger charge is 2.29. The molecule has 3 rings (SSSR count). The minimum absolute atomic E-state index is 0.224. The third kappa shape index (κ3) is 2.64. The molecule has 2 aromatic rings. The Balaban J connectivity index is 1.72. The lowest BCUT2D eigenvalue weighted by Gasteiger charge is -2.24. The van der Waals surface area contributed by atoms with Crippen LogP contribution < -0.4 is 5.32 Å². The summed E-state index contributed by atoms with van der Waals surface area (Å²) in [5.74, 6) is 0.736. The first-order chi connectivity index (χ1) is 9.15. The number of fused-ring (bicyclic) bond motifs is 1. The van der Waals surface area contributed by atoms with Gasteiger partial charge in [-0.3, -0.25) is 10.00 Å². The maximum absolute atomic E-state index is 5.90. The van der Waals surface area contributed by atoms with Crippen LogP contribution in [0.4, 0.5) is 5.82 Å². The first-order valence-electron chi connectivity index (χ1n) is 6.47. The molecule has 1 saturated carbocycles. The van der Waals surface area contributed by atoms with E-state index in [1.807, 2.05) is 0 Å². The van der Waals surface area contributed by atoms with Gasteiger partial charge in [0.15, 0.2) is 5.65 Å². The molecule has 1 unspecified atom stereocenters. The summed E-state index contributed by atoms with van der Waals surface area (Å²) in [5.41, 5.74) is 0.658. The van der Waals surface area contributed by atoms with Crippen LogP contribution in [-0.4, -0.2) is 50.7 Å². The van der Waals surface area contributed by atoms with Gasteiger partial charge in [0.2, 0.25) is 5.28 Å². The SMILES string of the molecule is CC(CNc1nc(Cl)nc2[nH]ncc12)N(C)C1CC1. The van der Waals surface area contributed by atoms with Crippen molar-refractivity contribution in [2.24, 2.45) is 0 Å². The number of nitrogens with one attached hydrogen (secondary N) is 2. The van der Waals surface area contributed by atoms with Crippen molar-refractivity contribution < 1.29 is 0 Å². The fourth-order valence-electron chi connectivity index (χ4n) is 2.17. The van der Waals surface area contributed by atoms with E-state index < -0.39 is 0 Å². The van der Waals surface area contributed by atoms with Gasteiger partial charge in [0, 0.05) is 18.6 Å². The lowest BCUT2D eigenvalue weighted by molar-refractivity contribution is 0.257. The molecular weight excluding hydrogens is 264 g/mol. The van der Waals surface area contributed by atoms with Crippen LogP contribution in [0.3, 0.4) is 0 Å². The number of anilines is 1. The van der Waals surface area contributed by atoms with E-state index in [0.717, 1.165) is 23.8 Å². The Labute approximate surface area is 116 Å². The van der Waals surface area contributed by atoms with Crippen molar-refractivity contribution >= 4 is 28.5 Å². The Morgan fingerprint density at radius 2 is 2.32 bits per heavy atom. The van der Waals surface area contributed by atoms with Gasteiger partial charge >= 0.3 is 0 Å². The summed E-state index contributed by atoms with van der Waals surface area (Å²) >= 11 is 5.90. The van der Waals surface area contributed by atoms with Gasteiger partial charge in [-0.15, -0.1) is 0 Å². The lowest BCUT2D eigenvalue weighted by atomic mass is 10.3. The number of aromatic amines is 1. The van der Waals surface area contributed by atoms with Gasteiger partial charge in [0.1, 0.15) is 5.82 Å². The zero-order valence-electron chi connectivity index (χ0n) is 11.0. The van der Waals surface area contributed by atoms with Gasteiger partial charge in [0.25, 0.3) is 0 Å². The number of H-pyrrole nitrogens is 1. The number of nitrogens with zero attached hydrogens (tertiary/aromatic N) is 4. The molecule has 2 aromatic heterocycles. The molecule has 0 aromatic carbocycles. The zero-order chi connectivity index (χ0) is 13.4. The highest BCUT2D eigenvalue weighted by Crippen LogP contribution is 2.27. The van der Waals surface area contributed by atoms with Gasteiger partial charge in [0.05, 0.1) is 11.6 Å². The van der Waals surface area contributed by atoms with Crippen LogP contribution >= 0.6 is 11.6 Å². The molecule has 1 atom stereocenters. The third-order valence-electron chi connectivity index (χ3n) is 3.67. The number of rotatable bonds is 5. The molecule has 0 radical (unpaired) electrons. The molecule has 6 nitrogen and oxygen atoms in total. The van der Waals surface area contributed by atoms with Crippen LogP contribution in [-0.2, 0) is 0 Å². The Hall–Kier alpha value is -1.40. The van der Waals surface area contributed by atoms with Crippen molar-refractivity contribution in [1.29, 1.82) is 0 Å². The van der Waals surface area contributed by atoms with Gasteiger partial charge < -0.3 is 5.32 Å². The predicted octanol–water partition coefficient (Wildman–Crippen LogP) is 1.90. The van der Waals surface area contributed by atoms with Crippen molar-refractivity contribution in [3.63, 3.8) is 0 Å². The number of likely N-dealkylation sites (N-methyl/N-ethyl adjacent to an activating group) is 1. The smallest absolute Gasteiger partial charge is 0.226 e. The molecule has 1 fully saturated rings. The van der Waals surface area contributed by atoms with Gasteiger partial charge in [-0.25, -0.2) is 0 Å². The minimum atomic E-state index is 0.224. The monoisotopic (exact) mass is 280 g/mol. The summed E-state index contributed by atoms with van der Waals surface area (Å²) in [4.78, 5) is 10.7. The number of hydrogen-bond acceptors (Lipinski definition) is 5. The number of hydrogen-bond donors (Lipinski definition) is 2. The van der Waals surface area contributed by atoms with E-state index in [-0.39, 0.29) is 5.28 Å². The summed E-state index contributed by atoms with van der Waals surface area (Å²) < 4.78 is 0. The molecule has 0 aliphatic heterocycles. The fraction of sp³-hybridized carbons (Fsp3) is 0.583. The first kappa shape index (κ1) is 12.6. The summed E-state index contributed by atoms with van der Waals surface area (Å²) in [6, 6.07) is 1.20. The average Bonchev–Trinajstić information content (AvgIpc) is 3.13. The van der Waals surface area contributed by atoms with Gasteiger partial charge in [-0.1, -0.05) is 0 Å². The molecule has 102 valence electrons. The van der Waals surface area contributed by atoms with E-state index in [0.29, 0.717) is 11.7 Å². The molecule has 0 saturated heterocycles. The Morgan fingerprint density at radius 1 is 1.53 bits per heavy atom. The Bertz CT molecular complexity index is 579. The minimum Gasteiger partial charge on any atom is -0.368 e. The summed E-state index contributed by atoms with van der Waals surface area (Å²) in [6.07, 6.45) is 4.33. The molecular formula is C12H17ClN6. The van der Waals surface area contributed by atoms with E-state index in [9.17, 15) is 0 Å². The molecule has 0 amide bonds. The zero-order valence-corrected chi connectivity index (χ0v) is 11.8. The number of aromatic nitrogens is 4. The van der Waals surface area contributed by atoms with E-state index in [1.54, 1.807) is 6.20 Å². The van der Waals surface area contributed by atoms with Crippen LogP contribution in [0.5, 0.6) is 0 Å². The standard InChI is InChI=1S/C12H17ClN6/c1-7(19(2)8-3-4-8)5-14-10-9-6-15-18-11(9)17-12(13)16-10/h6-8H,3-5H2,1-2H3,(H2,14,15,16,17,18). The topological polar surface area (TPSA) is 69.7 Å². The van der Waals surface area contributed by atoms with Crippen molar-refractivity contribution in [1.82, 2.24) is 25.1 Å². The van der Waals surface area contributed by atoms with Crippen LogP contribution in [0.1, 0.15) is 19.8 Å². The maximum atomic E-state index is 5.90. The van der Waals surface area contributed by atoms with Crippen LogP contribution in [0, 0.1) is 0 Å². The van der Waals surface area contributed by atoms with Crippen molar-refractivity contribution in [3.05, 3.63) is 11.5 Å². The summed E-state index contributed by atoms with van der Waals surface area (Å²) in [7, 11) is 2.17. The van der Waals surface area contributed by atoms with Crippen molar-refractivity contribution in [2.45, 2.75) is 31.8 Å². The molecule has 2 N–H and O–H groups in total. The first-order valence-corrected chi connectivity index (χ1v) is 6.85. The average molecular weight is 281 g/mol. The quantitative estimate of drug-likeness (QED) is 0.819. The maximum Gasteiger partial charge on any atom is 0.226 e. The van der Waals surface area contributed by atoms with Crippen LogP contribution in [0.25, 0.3) is 11.0 Å². The normalized spacial score (nSPS) is 17.1.